The zero-order chi connectivity index (χ0) is 22.5. The van der Waals surface area contributed by atoms with Crippen LogP contribution in [0.15, 0.2) is 78.1 Å². The lowest BCUT2D eigenvalue weighted by molar-refractivity contribution is 0.642. The minimum Gasteiger partial charge on any atom is -0.340 e. The Bertz CT molecular complexity index is 1590. The maximum absolute atomic E-state index is 13.8. The molecule has 0 saturated carbocycles. The van der Waals surface area contributed by atoms with Crippen molar-refractivity contribution in [3.8, 4) is 5.69 Å². The van der Waals surface area contributed by atoms with Crippen molar-refractivity contribution in [1.82, 2.24) is 29.5 Å². The zero-order valence-electron chi connectivity index (χ0n) is 17.4. The molecule has 162 valence electrons. The third-order valence-electron chi connectivity index (χ3n) is 5.91. The predicted octanol–water partition coefficient (Wildman–Crippen LogP) is 4.21. The first-order valence-corrected chi connectivity index (χ1v) is 10.8. The van der Waals surface area contributed by atoms with E-state index in [1.54, 1.807) is 23.0 Å². The third kappa shape index (κ3) is 3.10. The molecule has 1 saturated heterocycles. The predicted molar refractivity (Wildman–Crippen MR) is 128 cm³/mol. The van der Waals surface area contributed by atoms with Gasteiger partial charge in [-0.3, -0.25) is 9.36 Å². The lowest BCUT2D eigenvalue weighted by Crippen LogP contribution is -2.32. The summed E-state index contributed by atoms with van der Waals surface area (Å²) >= 11 is 6.43. The zero-order valence-corrected chi connectivity index (χ0v) is 18.2. The van der Waals surface area contributed by atoms with Crippen LogP contribution >= 0.6 is 11.6 Å². The van der Waals surface area contributed by atoms with Crippen molar-refractivity contribution in [1.29, 1.82) is 0 Å². The van der Waals surface area contributed by atoms with Crippen molar-refractivity contribution in [2.75, 3.05) is 11.4 Å². The topological polar surface area (TPSA) is 92.6 Å². The molecule has 1 fully saturated rings. The third-order valence-corrected chi connectivity index (χ3v) is 6.23. The number of hydrogen-bond acceptors (Lipinski definition) is 6. The average molecular weight is 456 g/mol. The van der Waals surface area contributed by atoms with E-state index in [1.807, 2.05) is 36.4 Å². The van der Waals surface area contributed by atoms with Crippen LogP contribution in [0.1, 0.15) is 18.3 Å². The van der Waals surface area contributed by atoms with E-state index in [4.69, 9.17) is 16.6 Å². The lowest BCUT2D eigenvalue weighted by atomic mass is 10.1. The number of halogens is 1. The number of benzene rings is 2. The second kappa shape index (κ2) is 7.53. The van der Waals surface area contributed by atoms with Gasteiger partial charge in [-0.15, -0.1) is 0 Å². The second-order valence-electron chi connectivity index (χ2n) is 7.98. The summed E-state index contributed by atoms with van der Waals surface area (Å²) in [7, 11) is 0. The molecule has 1 aliphatic rings. The number of aromatic nitrogens is 6. The van der Waals surface area contributed by atoms with E-state index in [0.29, 0.717) is 46.2 Å². The minimum atomic E-state index is -0.268. The Labute approximate surface area is 193 Å². The monoisotopic (exact) mass is 455 g/mol. The maximum atomic E-state index is 13.8. The van der Waals surface area contributed by atoms with Gasteiger partial charge in [0, 0.05) is 6.54 Å². The number of fused-ring (bicyclic) bond motifs is 2. The van der Waals surface area contributed by atoms with E-state index in [-0.39, 0.29) is 11.6 Å². The van der Waals surface area contributed by atoms with E-state index in [2.05, 4.69) is 31.4 Å². The molecule has 4 heterocycles. The van der Waals surface area contributed by atoms with E-state index >= 15 is 0 Å². The molecule has 6 rings (SSSR count). The average Bonchev–Trinajstić information content (AvgIpc) is 3.46. The number of para-hydroxylation sites is 1. The van der Waals surface area contributed by atoms with Crippen molar-refractivity contribution in [2.45, 2.75) is 12.5 Å². The standard InChI is InChI=1S/C24H18ClN7O/c1-14-10-18(31(11-14)23-20-21(27-12-26-20)28-13-29-23)22-30-17-9-5-8-16(25)19(17)24(33)32(22)15-6-3-2-4-7-15/h2-9,12-13,18H,1,10-11H2,(H,26,27,28,29)/t18-/m0/s1. The van der Waals surface area contributed by atoms with Gasteiger partial charge >= 0.3 is 0 Å². The summed E-state index contributed by atoms with van der Waals surface area (Å²) in [6.07, 6.45) is 3.72. The Morgan fingerprint density at radius 3 is 2.76 bits per heavy atom. The Morgan fingerprint density at radius 1 is 1.06 bits per heavy atom. The van der Waals surface area contributed by atoms with Gasteiger partial charge in [0.25, 0.3) is 5.56 Å². The van der Waals surface area contributed by atoms with Crippen LogP contribution in [-0.4, -0.2) is 36.0 Å². The number of H-pyrrole nitrogens is 1. The van der Waals surface area contributed by atoms with Crippen molar-refractivity contribution in [3.63, 3.8) is 0 Å². The summed E-state index contributed by atoms with van der Waals surface area (Å²) in [5.74, 6) is 1.30. The van der Waals surface area contributed by atoms with Crippen LogP contribution in [0.25, 0.3) is 27.8 Å². The van der Waals surface area contributed by atoms with Crippen molar-refractivity contribution >= 4 is 39.5 Å². The van der Waals surface area contributed by atoms with Gasteiger partial charge in [0.1, 0.15) is 17.7 Å². The molecule has 33 heavy (non-hydrogen) atoms. The van der Waals surface area contributed by atoms with Crippen LogP contribution in [0.5, 0.6) is 0 Å². The fourth-order valence-electron chi connectivity index (χ4n) is 4.48. The summed E-state index contributed by atoms with van der Waals surface area (Å²) in [5.41, 5.74) is 3.40. The van der Waals surface area contributed by atoms with Gasteiger partial charge in [-0.25, -0.2) is 19.9 Å². The summed E-state index contributed by atoms with van der Waals surface area (Å²) in [6, 6.07) is 14.5. The lowest BCUT2D eigenvalue weighted by Gasteiger charge is -2.27. The minimum absolute atomic E-state index is 0.210. The molecule has 1 aliphatic heterocycles. The van der Waals surface area contributed by atoms with E-state index in [0.717, 1.165) is 16.8 Å². The molecule has 1 N–H and O–H groups in total. The second-order valence-corrected chi connectivity index (χ2v) is 8.38. The molecule has 0 unspecified atom stereocenters. The molecular weight excluding hydrogens is 438 g/mol. The largest absolute Gasteiger partial charge is 0.340 e. The summed E-state index contributed by atoms with van der Waals surface area (Å²) in [6.45, 7) is 4.80. The van der Waals surface area contributed by atoms with Gasteiger partial charge in [0.2, 0.25) is 0 Å². The maximum Gasteiger partial charge on any atom is 0.267 e. The molecule has 8 nitrogen and oxygen atoms in total. The van der Waals surface area contributed by atoms with Gasteiger partial charge in [-0.1, -0.05) is 48.0 Å². The quantitative estimate of drug-likeness (QED) is 0.409. The number of imidazole rings is 1. The fraction of sp³-hybridized carbons (Fsp3) is 0.125. The Hall–Kier alpha value is -4.04. The van der Waals surface area contributed by atoms with Gasteiger partial charge in [-0.2, -0.15) is 0 Å². The highest BCUT2D eigenvalue weighted by Gasteiger charge is 2.35. The first-order valence-electron chi connectivity index (χ1n) is 10.5. The molecule has 1 atom stereocenters. The molecule has 0 amide bonds. The van der Waals surface area contributed by atoms with E-state index < -0.39 is 0 Å². The molecule has 2 aromatic carbocycles. The van der Waals surface area contributed by atoms with E-state index in [9.17, 15) is 4.79 Å². The molecular formula is C24H18ClN7O. The van der Waals surface area contributed by atoms with Crippen LogP contribution in [0.3, 0.4) is 0 Å². The number of nitrogens with one attached hydrogen (secondary N) is 1. The van der Waals surface area contributed by atoms with Crippen LogP contribution in [-0.2, 0) is 0 Å². The first kappa shape index (κ1) is 19.6. The van der Waals surface area contributed by atoms with Crippen LogP contribution in [0, 0.1) is 0 Å². The van der Waals surface area contributed by atoms with Gasteiger partial charge in [-0.05, 0) is 30.7 Å². The summed E-state index contributed by atoms with van der Waals surface area (Å²) < 4.78 is 1.65. The highest BCUT2D eigenvalue weighted by atomic mass is 35.5. The molecule has 0 radical (unpaired) electrons. The van der Waals surface area contributed by atoms with Gasteiger partial charge in [0.15, 0.2) is 11.5 Å². The summed E-state index contributed by atoms with van der Waals surface area (Å²) in [5, 5.41) is 0.775. The molecule has 0 bridgehead atoms. The van der Waals surface area contributed by atoms with Crippen molar-refractivity contribution in [2.24, 2.45) is 0 Å². The van der Waals surface area contributed by atoms with Crippen LogP contribution in [0.4, 0.5) is 5.82 Å². The molecule has 3 aromatic heterocycles. The highest BCUT2D eigenvalue weighted by Crippen LogP contribution is 2.39. The number of aromatic amines is 1. The number of anilines is 1. The van der Waals surface area contributed by atoms with Crippen LogP contribution < -0.4 is 10.5 Å². The van der Waals surface area contributed by atoms with E-state index in [1.165, 1.54) is 6.33 Å². The highest BCUT2D eigenvalue weighted by molar-refractivity contribution is 6.35. The Morgan fingerprint density at radius 2 is 1.91 bits per heavy atom. The Balaban J connectivity index is 1.64. The number of rotatable bonds is 3. The van der Waals surface area contributed by atoms with Crippen LogP contribution in [0.2, 0.25) is 5.02 Å². The molecule has 0 spiro atoms. The van der Waals surface area contributed by atoms with Gasteiger partial charge in [0.05, 0.1) is 34.0 Å². The van der Waals surface area contributed by atoms with Crippen molar-refractivity contribution in [3.05, 3.63) is 94.5 Å². The number of hydrogen-bond donors (Lipinski definition) is 1. The Kier molecular flexibility index (Phi) is 4.48. The first-order chi connectivity index (χ1) is 16.1. The molecule has 9 heteroatoms. The number of nitrogens with zero attached hydrogens (tertiary/aromatic N) is 6. The smallest absolute Gasteiger partial charge is 0.267 e. The SMILES string of the molecule is C=C1C[C@@H](c2nc3cccc(Cl)c3c(=O)n2-c2ccccc2)N(c2ncnc3nc[nH]c23)C1. The summed E-state index contributed by atoms with van der Waals surface area (Å²) in [4.78, 5) is 37.0. The fourth-order valence-corrected chi connectivity index (χ4v) is 4.73. The molecule has 0 aliphatic carbocycles. The molecule has 5 aromatic rings. The van der Waals surface area contributed by atoms with Gasteiger partial charge < -0.3 is 9.88 Å². The van der Waals surface area contributed by atoms with Crippen molar-refractivity contribution < 1.29 is 0 Å². The normalized spacial score (nSPS) is 16.2.